The van der Waals surface area contributed by atoms with Crippen molar-refractivity contribution in [3.8, 4) is 0 Å². The van der Waals surface area contributed by atoms with Gasteiger partial charge in [0.15, 0.2) is 0 Å². The monoisotopic (exact) mass is 392 g/mol. The van der Waals surface area contributed by atoms with Crippen molar-refractivity contribution in [2.24, 2.45) is 0 Å². The zero-order valence-electron chi connectivity index (χ0n) is 11.8. The summed E-state index contributed by atoms with van der Waals surface area (Å²) in [6.07, 6.45) is 4.35. The zero-order chi connectivity index (χ0) is 14.5. The van der Waals surface area contributed by atoms with Crippen molar-refractivity contribution in [1.82, 2.24) is 0 Å². The van der Waals surface area contributed by atoms with Crippen molar-refractivity contribution in [3.63, 3.8) is 0 Å². The largest absolute Gasteiger partial charge is 0.0876 e. The van der Waals surface area contributed by atoms with E-state index in [0.29, 0.717) is 0 Å². The molecule has 104 valence electrons. The molecule has 0 atom stereocenters. The van der Waals surface area contributed by atoms with Crippen LogP contribution in [0.2, 0.25) is 0 Å². The Morgan fingerprint density at radius 1 is 0.750 bits per heavy atom. The molecule has 0 radical (unpaired) electrons. The van der Waals surface area contributed by atoms with E-state index in [4.69, 9.17) is 0 Å². The van der Waals surface area contributed by atoms with Crippen LogP contribution in [0.15, 0.2) is 36.4 Å². The molecule has 0 aromatic heterocycles. The second kappa shape index (κ2) is 7.24. The van der Waals surface area contributed by atoms with Crippen LogP contribution in [0, 0.1) is 13.8 Å². The lowest BCUT2D eigenvalue weighted by Gasteiger charge is -2.04. The van der Waals surface area contributed by atoms with Crippen LogP contribution in [0.3, 0.4) is 0 Å². The fourth-order valence-corrected chi connectivity index (χ4v) is 3.40. The van der Waals surface area contributed by atoms with E-state index in [0.717, 1.165) is 10.7 Å². The van der Waals surface area contributed by atoms with Gasteiger partial charge in [0.25, 0.3) is 0 Å². The molecule has 0 nitrogen and oxygen atoms in total. The molecule has 2 heteroatoms. The highest BCUT2D eigenvalue weighted by atomic mass is 79.9. The Balaban J connectivity index is 2.20. The molecule has 0 saturated heterocycles. The number of hydrogen-bond acceptors (Lipinski definition) is 0. The average Bonchev–Trinajstić information content (AvgIpc) is 2.45. The van der Waals surface area contributed by atoms with Crippen molar-refractivity contribution in [2.45, 2.75) is 24.5 Å². The summed E-state index contributed by atoms with van der Waals surface area (Å²) in [6.45, 7) is 4.31. The summed E-state index contributed by atoms with van der Waals surface area (Å²) in [4.78, 5) is 0. The first-order valence-electron chi connectivity index (χ1n) is 6.63. The second-order valence-electron chi connectivity index (χ2n) is 4.97. The third-order valence-electron chi connectivity index (χ3n) is 3.49. The average molecular weight is 394 g/mol. The normalized spacial score (nSPS) is 11.2. The van der Waals surface area contributed by atoms with Gasteiger partial charge in [0.1, 0.15) is 0 Å². The molecule has 0 aliphatic heterocycles. The van der Waals surface area contributed by atoms with Gasteiger partial charge in [0.2, 0.25) is 0 Å². The van der Waals surface area contributed by atoms with Crippen molar-refractivity contribution in [1.29, 1.82) is 0 Å². The molecule has 0 aliphatic carbocycles. The predicted molar refractivity (Wildman–Crippen MR) is 96.5 cm³/mol. The van der Waals surface area contributed by atoms with Gasteiger partial charge in [-0.05, 0) is 47.2 Å². The number of benzene rings is 2. The summed E-state index contributed by atoms with van der Waals surface area (Å²) >= 11 is 7.02. The number of hydrogen-bond donors (Lipinski definition) is 0. The zero-order valence-corrected chi connectivity index (χ0v) is 15.0. The summed E-state index contributed by atoms with van der Waals surface area (Å²) in [5, 5.41) is 1.83. The summed E-state index contributed by atoms with van der Waals surface area (Å²) in [7, 11) is 0. The van der Waals surface area contributed by atoms with Crippen LogP contribution in [-0.2, 0) is 10.7 Å². The molecule has 0 aliphatic rings. The van der Waals surface area contributed by atoms with Crippen molar-refractivity contribution >= 4 is 44.0 Å². The van der Waals surface area contributed by atoms with Crippen LogP contribution in [0.1, 0.15) is 33.4 Å². The first-order valence-corrected chi connectivity index (χ1v) is 8.87. The molecule has 2 aromatic rings. The summed E-state index contributed by atoms with van der Waals surface area (Å²) in [5.41, 5.74) is 7.84. The third-order valence-corrected chi connectivity index (χ3v) is 4.70. The van der Waals surface area contributed by atoms with E-state index < -0.39 is 0 Å². The van der Waals surface area contributed by atoms with Crippen LogP contribution < -0.4 is 0 Å². The minimum absolute atomic E-state index is 0.913. The summed E-state index contributed by atoms with van der Waals surface area (Å²) < 4.78 is 0. The number of alkyl halides is 2. The molecule has 20 heavy (non-hydrogen) atoms. The minimum Gasteiger partial charge on any atom is -0.0876 e. The Morgan fingerprint density at radius 2 is 1.15 bits per heavy atom. The number of rotatable bonds is 4. The SMILES string of the molecule is Cc1cc(C=Cc2ccc(CBr)c(C)c2)ccc1CBr. The molecule has 0 heterocycles. The molecule has 0 fully saturated rings. The highest BCUT2D eigenvalue weighted by Gasteiger charge is 1.98. The third kappa shape index (κ3) is 3.83. The van der Waals surface area contributed by atoms with Crippen LogP contribution >= 0.6 is 31.9 Å². The quantitative estimate of drug-likeness (QED) is 0.424. The summed E-state index contributed by atoms with van der Waals surface area (Å²) in [5.74, 6) is 0. The molecule has 0 bridgehead atoms. The first kappa shape index (κ1) is 15.5. The molecular weight excluding hydrogens is 376 g/mol. The maximum absolute atomic E-state index is 3.51. The standard InChI is InChI=1S/C18H18Br2/c1-13-9-15(5-7-17(13)11-19)3-4-16-6-8-18(12-20)14(2)10-16/h3-10H,11-12H2,1-2H3. The second-order valence-corrected chi connectivity index (χ2v) is 6.09. The molecule has 0 spiro atoms. The Morgan fingerprint density at radius 3 is 1.45 bits per heavy atom. The Bertz CT molecular complexity index is 572. The highest BCUT2D eigenvalue weighted by Crippen LogP contribution is 2.18. The van der Waals surface area contributed by atoms with Crippen molar-refractivity contribution in [2.75, 3.05) is 0 Å². The van der Waals surface area contributed by atoms with Gasteiger partial charge in [-0.15, -0.1) is 0 Å². The molecular formula is C18H18Br2. The van der Waals surface area contributed by atoms with Crippen molar-refractivity contribution in [3.05, 3.63) is 69.8 Å². The first-order chi connectivity index (χ1) is 9.63. The van der Waals surface area contributed by atoms with Gasteiger partial charge in [0, 0.05) is 10.7 Å². The van der Waals surface area contributed by atoms with E-state index in [1.807, 2.05) is 0 Å². The highest BCUT2D eigenvalue weighted by molar-refractivity contribution is 9.08. The van der Waals surface area contributed by atoms with E-state index in [2.05, 4.69) is 94.3 Å². The number of halogens is 2. The fourth-order valence-electron chi connectivity index (χ4n) is 2.14. The van der Waals surface area contributed by atoms with Crippen LogP contribution in [-0.4, -0.2) is 0 Å². The topological polar surface area (TPSA) is 0 Å². The van der Waals surface area contributed by atoms with E-state index in [-0.39, 0.29) is 0 Å². The molecule has 0 unspecified atom stereocenters. The maximum Gasteiger partial charge on any atom is 0.0285 e. The molecule has 2 rings (SSSR count). The van der Waals surface area contributed by atoms with Crippen LogP contribution in [0.25, 0.3) is 12.2 Å². The summed E-state index contributed by atoms with van der Waals surface area (Å²) in [6, 6.07) is 13.2. The van der Waals surface area contributed by atoms with Gasteiger partial charge >= 0.3 is 0 Å². The number of aryl methyl sites for hydroxylation is 2. The Labute approximate surface area is 138 Å². The van der Waals surface area contributed by atoms with Gasteiger partial charge in [-0.3, -0.25) is 0 Å². The van der Waals surface area contributed by atoms with E-state index in [1.54, 1.807) is 0 Å². The van der Waals surface area contributed by atoms with Crippen LogP contribution in [0.5, 0.6) is 0 Å². The van der Waals surface area contributed by atoms with Gasteiger partial charge in [-0.1, -0.05) is 80.4 Å². The predicted octanol–water partition coefficient (Wildman–Crippen LogP) is 6.26. The minimum atomic E-state index is 0.913. The molecule has 0 saturated carbocycles. The lowest BCUT2D eigenvalue weighted by atomic mass is 10.0. The van der Waals surface area contributed by atoms with E-state index in [9.17, 15) is 0 Å². The molecule has 0 N–H and O–H groups in total. The lowest BCUT2D eigenvalue weighted by Crippen LogP contribution is -1.86. The lowest BCUT2D eigenvalue weighted by molar-refractivity contribution is 1.31. The van der Waals surface area contributed by atoms with Crippen LogP contribution in [0.4, 0.5) is 0 Å². The van der Waals surface area contributed by atoms with E-state index >= 15 is 0 Å². The fraction of sp³-hybridized carbons (Fsp3) is 0.222. The van der Waals surface area contributed by atoms with E-state index in [1.165, 1.54) is 33.4 Å². The maximum atomic E-state index is 3.51. The Kier molecular flexibility index (Phi) is 5.62. The van der Waals surface area contributed by atoms with Gasteiger partial charge in [-0.25, -0.2) is 0 Å². The molecule has 0 amide bonds. The smallest absolute Gasteiger partial charge is 0.0285 e. The Hall–Kier alpha value is -0.860. The van der Waals surface area contributed by atoms with Gasteiger partial charge < -0.3 is 0 Å². The van der Waals surface area contributed by atoms with Gasteiger partial charge in [0.05, 0.1) is 0 Å². The molecule has 2 aromatic carbocycles. The van der Waals surface area contributed by atoms with Gasteiger partial charge in [-0.2, -0.15) is 0 Å². The van der Waals surface area contributed by atoms with Crippen molar-refractivity contribution < 1.29 is 0 Å².